The number of para-hydroxylation sites is 1. The molecule has 21 heavy (non-hydrogen) atoms. The van der Waals surface area contributed by atoms with E-state index in [1.54, 1.807) is 12.1 Å². The number of carbonyl (C=O) groups is 1. The molecule has 0 spiro atoms. The van der Waals surface area contributed by atoms with Gasteiger partial charge in [-0.1, -0.05) is 41.9 Å². The third kappa shape index (κ3) is 3.03. The molecule has 1 amide bonds. The molecular weight excluding hydrogens is 284 g/mol. The smallest absolute Gasteiger partial charge is 0.255 e. The Labute approximate surface area is 129 Å². The number of hydrogen-bond acceptors (Lipinski definition) is 2. The first-order valence-corrected chi connectivity index (χ1v) is 7.47. The van der Waals surface area contributed by atoms with Crippen LogP contribution in [0.4, 0.5) is 5.69 Å². The summed E-state index contributed by atoms with van der Waals surface area (Å²) in [5, 5.41) is 0.521. The number of benzene rings is 2. The van der Waals surface area contributed by atoms with Gasteiger partial charge in [-0.15, -0.1) is 0 Å². The number of hydrogen-bond donors (Lipinski definition) is 0. The molecule has 1 fully saturated rings. The van der Waals surface area contributed by atoms with Crippen LogP contribution < -0.4 is 4.90 Å². The molecule has 108 valence electrons. The van der Waals surface area contributed by atoms with E-state index < -0.39 is 0 Å². The maximum atomic E-state index is 12.5. The van der Waals surface area contributed by atoms with Crippen LogP contribution in [0.3, 0.4) is 0 Å². The van der Waals surface area contributed by atoms with Crippen molar-refractivity contribution in [2.24, 2.45) is 0 Å². The first-order chi connectivity index (χ1) is 10.3. The predicted molar refractivity (Wildman–Crippen MR) is 86.0 cm³/mol. The SMILES string of the molecule is O=C(c1ccccc1Cl)N1CCN(c2ccccc2)CC1. The van der Waals surface area contributed by atoms with Crippen LogP contribution in [0.5, 0.6) is 0 Å². The summed E-state index contributed by atoms with van der Waals surface area (Å²) in [6.45, 7) is 3.14. The maximum Gasteiger partial charge on any atom is 0.255 e. The average Bonchev–Trinajstić information content (AvgIpc) is 2.56. The zero-order valence-corrected chi connectivity index (χ0v) is 12.5. The van der Waals surface area contributed by atoms with Crippen molar-refractivity contribution >= 4 is 23.2 Å². The summed E-state index contributed by atoms with van der Waals surface area (Å²) in [5.41, 5.74) is 1.80. The Morgan fingerprint density at radius 3 is 2.14 bits per heavy atom. The Bertz CT molecular complexity index is 622. The Morgan fingerprint density at radius 2 is 1.48 bits per heavy atom. The van der Waals surface area contributed by atoms with Crippen LogP contribution in [0.1, 0.15) is 10.4 Å². The topological polar surface area (TPSA) is 23.6 Å². The summed E-state index contributed by atoms with van der Waals surface area (Å²) in [6.07, 6.45) is 0. The monoisotopic (exact) mass is 300 g/mol. The molecule has 3 nitrogen and oxygen atoms in total. The van der Waals surface area contributed by atoms with Crippen molar-refractivity contribution in [2.75, 3.05) is 31.1 Å². The van der Waals surface area contributed by atoms with Gasteiger partial charge in [-0.25, -0.2) is 0 Å². The minimum Gasteiger partial charge on any atom is -0.368 e. The van der Waals surface area contributed by atoms with Crippen LogP contribution in [-0.4, -0.2) is 37.0 Å². The molecule has 1 heterocycles. The molecule has 1 saturated heterocycles. The molecule has 0 radical (unpaired) electrons. The number of nitrogens with zero attached hydrogens (tertiary/aromatic N) is 2. The molecule has 0 saturated carbocycles. The van der Waals surface area contributed by atoms with Gasteiger partial charge >= 0.3 is 0 Å². The van der Waals surface area contributed by atoms with Gasteiger partial charge in [0.25, 0.3) is 5.91 Å². The van der Waals surface area contributed by atoms with Crippen molar-refractivity contribution in [3.8, 4) is 0 Å². The standard InChI is InChI=1S/C17H17ClN2O/c18-16-9-5-4-8-15(16)17(21)20-12-10-19(11-13-20)14-6-2-1-3-7-14/h1-9H,10-13H2. The van der Waals surface area contributed by atoms with E-state index in [0.717, 1.165) is 26.2 Å². The van der Waals surface area contributed by atoms with Crippen LogP contribution in [-0.2, 0) is 0 Å². The van der Waals surface area contributed by atoms with E-state index >= 15 is 0 Å². The van der Waals surface area contributed by atoms with Gasteiger partial charge in [-0.2, -0.15) is 0 Å². The highest BCUT2D eigenvalue weighted by atomic mass is 35.5. The molecule has 0 aliphatic carbocycles. The second-order valence-electron chi connectivity index (χ2n) is 5.09. The Hall–Kier alpha value is -2.00. The third-order valence-electron chi connectivity index (χ3n) is 3.79. The number of amides is 1. The maximum absolute atomic E-state index is 12.5. The summed E-state index contributed by atoms with van der Waals surface area (Å²) in [5.74, 6) is 0.0216. The lowest BCUT2D eigenvalue weighted by Crippen LogP contribution is -2.48. The first-order valence-electron chi connectivity index (χ1n) is 7.09. The van der Waals surface area contributed by atoms with Gasteiger partial charge in [0.05, 0.1) is 10.6 Å². The van der Waals surface area contributed by atoms with Crippen LogP contribution in [0, 0.1) is 0 Å². The molecule has 2 aromatic carbocycles. The molecule has 4 heteroatoms. The van der Waals surface area contributed by atoms with Crippen LogP contribution >= 0.6 is 11.6 Å². The minimum absolute atomic E-state index is 0.0216. The fourth-order valence-corrected chi connectivity index (χ4v) is 2.83. The molecule has 0 aromatic heterocycles. The summed E-state index contributed by atoms with van der Waals surface area (Å²) in [6, 6.07) is 17.5. The molecule has 3 rings (SSSR count). The number of anilines is 1. The van der Waals surface area contributed by atoms with Crippen LogP contribution in [0.15, 0.2) is 54.6 Å². The lowest BCUT2D eigenvalue weighted by molar-refractivity contribution is 0.0747. The van der Waals surface area contributed by atoms with Crippen molar-refractivity contribution < 1.29 is 4.79 Å². The Balaban J connectivity index is 1.66. The molecule has 0 bridgehead atoms. The normalized spacial score (nSPS) is 15.1. The van der Waals surface area contributed by atoms with Gasteiger partial charge < -0.3 is 9.80 Å². The molecule has 1 aliphatic heterocycles. The van der Waals surface area contributed by atoms with E-state index in [9.17, 15) is 4.79 Å². The van der Waals surface area contributed by atoms with Gasteiger partial charge in [-0.3, -0.25) is 4.79 Å². The summed E-state index contributed by atoms with van der Waals surface area (Å²) in [4.78, 5) is 16.7. The highest BCUT2D eigenvalue weighted by Gasteiger charge is 2.23. The van der Waals surface area contributed by atoms with Crippen molar-refractivity contribution in [3.63, 3.8) is 0 Å². The van der Waals surface area contributed by atoms with E-state index in [0.29, 0.717) is 10.6 Å². The van der Waals surface area contributed by atoms with Gasteiger partial charge in [0, 0.05) is 31.9 Å². The number of piperazine rings is 1. The van der Waals surface area contributed by atoms with Gasteiger partial charge in [0.1, 0.15) is 0 Å². The van der Waals surface area contributed by atoms with E-state index in [1.165, 1.54) is 5.69 Å². The molecule has 2 aromatic rings. The van der Waals surface area contributed by atoms with E-state index in [2.05, 4.69) is 17.0 Å². The summed E-state index contributed by atoms with van der Waals surface area (Å²) < 4.78 is 0. The largest absolute Gasteiger partial charge is 0.368 e. The van der Waals surface area contributed by atoms with Gasteiger partial charge in [-0.05, 0) is 24.3 Å². The zero-order chi connectivity index (χ0) is 14.7. The second-order valence-corrected chi connectivity index (χ2v) is 5.50. The lowest BCUT2D eigenvalue weighted by atomic mass is 10.1. The fourth-order valence-electron chi connectivity index (χ4n) is 2.61. The average molecular weight is 301 g/mol. The van der Waals surface area contributed by atoms with E-state index in [1.807, 2.05) is 35.2 Å². The zero-order valence-electron chi connectivity index (χ0n) is 11.7. The van der Waals surface area contributed by atoms with Crippen molar-refractivity contribution in [3.05, 3.63) is 65.2 Å². The molecular formula is C17H17ClN2O. The number of carbonyl (C=O) groups excluding carboxylic acids is 1. The van der Waals surface area contributed by atoms with Crippen molar-refractivity contribution in [2.45, 2.75) is 0 Å². The summed E-state index contributed by atoms with van der Waals surface area (Å²) in [7, 11) is 0. The second kappa shape index (κ2) is 6.19. The van der Waals surface area contributed by atoms with E-state index in [-0.39, 0.29) is 5.91 Å². The predicted octanol–water partition coefficient (Wildman–Crippen LogP) is 3.30. The fraction of sp³-hybridized carbons (Fsp3) is 0.235. The first kappa shape index (κ1) is 14.0. The lowest BCUT2D eigenvalue weighted by Gasteiger charge is -2.36. The summed E-state index contributed by atoms with van der Waals surface area (Å²) >= 11 is 6.10. The highest BCUT2D eigenvalue weighted by molar-refractivity contribution is 6.33. The minimum atomic E-state index is 0.0216. The molecule has 0 N–H and O–H groups in total. The van der Waals surface area contributed by atoms with Crippen LogP contribution in [0.2, 0.25) is 5.02 Å². The van der Waals surface area contributed by atoms with Crippen LogP contribution in [0.25, 0.3) is 0 Å². The molecule has 0 unspecified atom stereocenters. The highest BCUT2D eigenvalue weighted by Crippen LogP contribution is 2.20. The quantitative estimate of drug-likeness (QED) is 0.849. The van der Waals surface area contributed by atoms with E-state index in [4.69, 9.17) is 11.6 Å². The number of rotatable bonds is 2. The molecule has 0 atom stereocenters. The third-order valence-corrected chi connectivity index (χ3v) is 4.12. The van der Waals surface area contributed by atoms with Gasteiger partial charge in [0.15, 0.2) is 0 Å². The number of halogens is 1. The molecule has 1 aliphatic rings. The van der Waals surface area contributed by atoms with Gasteiger partial charge in [0.2, 0.25) is 0 Å². The van der Waals surface area contributed by atoms with Crippen molar-refractivity contribution in [1.29, 1.82) is 0 Å². The Kier molecular flexibility index (Phi) is 4.11. The Morgan fingerprint density at radius 1 is 0.857 bits per heavy atom. The van der Waals surface area contributed by atoms with Crippen molar-refractivity contribution in [1.82, 2.24) is 4.90 Å².